The van der Waals surface area contributed by atoms with Gasteiger partial charge in [-0.2, -0.15) is 5.10 Å². The normalized spacial score (nSPS) is 20.8. The molecule has 0 bridgehead atoms. The zero-order chi connectivity index (χ0) is 20.1. The number of rotatable bonds is 6. The zero-order valence-electron chi connectivity index (χ0n) is 16.7. The molecule has 0 spiro atoms. The van der Waals surface area contributed by atoms with Crippen LogP contribution in [0.4, 0.5) is 5.69 Å². The number of aromatic nitrogens is 3. The lowest BCUT2D eigenvalue weighted by Gasteiger charge is -2.42. The maximum absolute atomic E-state index is 13.1. The van der Waals surface area contributed by atoms with E-state index >= 15 is 0 Å². The van der Waals surface area contributed by atoms with Crippen LogP contribution in [-0.2, 0) is 16.1 Å². The molecule has 0 saturated carbocycles. The minimum Gasteiger partial charge on any atom is -0.340 e. The van der Waals surface area contributed by atoms with Gasteiger partial charge in [0.2, 0.25) is 11.8 Å². The Hall–Kier alpha value is -2.74. The van der Waals surface area contributed by atoms with Gasteiger partial charge in [0.05, 0.1) is 6.04 Å². The number of hydrogen-bond donors (Lipinski definition) is 0. The number of anilines is 1. The fourth-order valence-corrected chi connectivity index (χ4v) is 4.24. The van der Waals surface area contributed by atoms with Crippen LogP contribution >= 0.6 is 0 Å². The van der Waals surface area contributed by atoms with Crippen molar-refractivity contribution in [2.45, 2.75) is 38.3 Å². The molecule has 3 heterocycles. The number of carbonyl (C=O) groups is 2. The Kier molecular flexibility index (Phi) is 6.19. The second-order valence-electron chi connectivity index (χ2n) is 7.66. The first-order valence-corrected chi connectivity index (χ1v) is 10.4. The summed E-state index contributed by atoms with van der Waals surface area (Å²) in [7, 11) is 0. The fourth-order valence-electron chi connectivity index (χ4n) is 4.24. The van der Waals surface area contributed by atoms with Crippen molar-refractivity contribution in [3.8, 4) is 0 Å². The van der Waals surface area contributed by atoms with Gasteiger partial charge in [-0.3, -0.25) is 19.2 Å². The molecule has 154 valence electrons. The van der Waals surface area contributed by atoms with Crippen molar-refractivity contribution in [3.63, 3.8) is 0 Å². The standard InChI is InChI=1S/C21H28N6O2/c28-20(9-5-10-26-17-22-16-23-26)25-14-12-24(13-15-25)19-8-4-11-27(21(19)29)18-6-2-1-3-7-18/h1-3,6-7,16-17,19H,4-5,8-15H2. The van der Waals surface area contributed by atoms with Gasteiger partial charge in [0, 0.05) is 51.4 Å². The number of piperazine rings is 1. The summed E-state index contributed by atoms with van der Waals surface area (Å²) in [5, 5.41) is 4.06. The number of para-hydroxylation sites is 1. The monoisotopic (exact) mass is 396 g/mol. The van der Waals surface area contributed by atoms with Crippen LogP contribution in [0.15, 0.2) is 43.0 Å². The highest BCUT2D eigenvalue weighted by Crippen LogP contribution is 2.24. The molecule has 2 aliphatic heterocycles. The fraction of sp³-hybridized carbons (Fsp3) is 0.524. The van der Waals surface area contributed by atoms with Gasteiger partial charge < -0.3 is 9.80 Å². The first kappa shape index (κ1) is 19.6. The van der Waals surface area contributed by atoms with E-state index in [4.69, 9.17) is 0 Å². The third-order valence-corrected chi connectivity index (χ3v) is 5.83. The molecular formula is C21H28N6O2. The van der Waals surface area contributed by atoms with Gasteiger partial charge in [0.15, 0.2) is 0 Å². The lowest BCUT2D eigenvalue weighted by Crippen LogP contribution is -2.58. The van der Waals surface area contributed by atoms with Crippen LogP contribution in [0, 0.1) is 0 Å². The summed E-state index contributed by atoms with van der Waals surface area (Å²) in [5.74, 6) is 0.376. The maximum Gasteiger partial charge on any atom is 0.244 e. The Balaban J connectivity index is 1.26. The van der Waals surface area contributed by atoms with Gasteiger partial charge in [-0.15, -0.1) is 0 Å². The van der Waals surface area contributed by atoms with E-state index in [0.717, 1.165) is 44.6 Å². The van der Waals surface area contributed by atoms with Gasteiger partial charge in [0.25, 0.3) is 0 Å². The summed E-state index contributed by atoms with van der Waals surface area (Å²) in [6.45, 7) is 4.39. The predicted octanol–water partition coefficient (Wildman–Crippen LogP) is 1.40. The van der Waals surface area contributed by atoms with E-state index in [1.54, 1.807) is 11.0 Å². The van der Waals surface area contributed by atoms with E-state index in [2.05, 4.69) is 15.0 Å². The largest absolute Gasteiger partial charge is 0.340 e. The lowest BCUT2D eigenvalue weighted by atomic mass is 10.0. The third kappa shape index (κ3) is 4.64. The molecule has 2 amide bonds. The first-order valence-electron chi connectivity index (χ1n) is 10.4. The third-order valence-electron chi connectivity index (χ3n) is 5.83. The van der Waals surface area contributed by atoms with Crippen molar-refractivity contribution in [2.24, 2.45) is 0 Å². The summed E-state index contributed by atoms with van der Waals surface area (Å²) in [4.78, 5) is 35.6. The Labute approximate surface area is 171 Å². The Morgan fingerprint density at radius 1 is 1.07 bits per heavy atom. The SMILES string of the molecule is O=C(CCCn1cncn1)N1CCN(C2CCCN(c3ccccc3)C2=O)CC1. The molecule has 2 fully saturated rings. The second-order valence-corrected chi connectivity index (χ2v) is 7.66. The number of benzene rings is 1. The topological polar surface area (TPSA) is 74.6 Å². The van der Waals surface area contributed by atoms with Crippen molar-refractivity contribution in [3.05, 3.63) is 43.0 Å². The minimum absolute atomic E-state index is 0.0754. The molecule has 4 rings (SSSR count). The molecule has 2 aliphatic rings. The van der Waals surface area contributed by atoms with Crippen LogP contribution in [0.1, 0.15) is 25.7 Å². The average Bonchev–Trinajstić information content (AvgIpc) is 3.28. The van der Waals surface area contributed by atoms with Crippen molar-refractivity contribution in [2.75, 3.05) is 37.6 Å². The summed E-state index contributed by atoms with van der Waals surface area (Å²) < 4.78 is 1.75. The van der Waals surface area contributed by atoms with Gasteiger partial charge >= 0.3 is 0 Å². The van der Waals surface area contributed by atoms with Crippen LogP contribution in [0.5, 0.6) is 0 Å². The average molecular weight is 396 g/mol. The Morgan fingerprint density at radius 2 is 1.86 bits per heavy atom. The van der Waals surface area contributed by atoms with E-state index in [1.165, 1.54) is 6.33 Å². The molecule has 0 aliphatic carbocycles. The molecule has 8 nitrogen and oxygen atoms in total. The molecule has 8 heteroatoms. The van der Waals surface area contributed by atoms with Crippen molar-refractivity contribution in [1.82, 2.24) is 24.6 Å². The molecule has 2 saturated heterocycles. The summed E-state index contributed by atoms with van der Waals surface area (Å²) in [6, 6.07) is 9.83. The summed E-state index contributed by atoms with van der Waals surface area (Å²) >= 11 is 0. The minimum atomic E-state index is -0.0754. The van der Waals surface area contributed by atoms with Crippen LogP contribution < -0.4 is 4.90 Å². The second kappa shape index (κ2) is 9.17. The Morgan fingerprint density at radius 3 is 2.59 bits per heavy atom. The van der Waals surface area contributed by atoms with E-state index < -0.39 is 0 Å². The van der Waals surface area contributed by atoms with E-state index in [9.17, 15) is 9.59 Å². The molecule has 29 heavy (non-hydrogen) atoms. The predicted molar refractivity (Wildman–Crippen MR) is 109 cm³/mol. The van der Waals surface area contributed by atoms with Crippen LogP contribution in [0.25, 0.3) is 0 Å². The quantitative estimate of drug-likeness (QED) is 0.738. The molecule has 1 aromatic carbocycles. The van der Waals surface area contributed by atoms with Crippen LogP contribution in [0.3, 0.4) is 0 Å². The molecule has 0 radical (unpaired) electrons. The van der Waals surface area contributed by atoms with E-state index in [0.29, 0.717) is 26.1 Å². The number of nitrogens with zero attached hydrogens (tertiary/aromatic N) is 6. The van der Waals surface area contributed by atoms with Crippen LogP contribution in [0.2, 0.25) is 0 Å². The molecular weight excluding hydrogens is 368 g/mol. The van der Waals surface area contributed by atoms with Gasteiger partial charge in [0.1, 0.15) is 12.7 Å². The number of carbonyl (C=O) groups excluding carboxylic acids is 2. The number of aryl methyl sites for hydroxylation is 1. The highest BCUT2D eigenvalue weighted by molar-refractivity contribution is 5.97. The smallest absolute Gasteiger partial charge is 0.244 e. The van der Waals surface area contributed by atoms with Crippen molar-refractivity contribution in [1.29, 1.82) is 0 Å². The first-order chi connectivity index (χ1) is 14.2. The molecule has 1 atom stereocenters. The molecule has 1 unspecified atom stereocenters. The number of amides is 2. The van der Waals surface area contributed by atoms with Crippen molar-refractivity contribution < 1.29 is 9.59 Å². The summed E-state index contributed by atoms with van der Waals surface area (Å²) in [6.07, 6.45) is 6.36. The highest BCUT2D eigenvalue weighted by atomic mass is 16.2. The van der Waals surface area contributed by atoms with Gasteiger partial charge in [-0.05, 0) is 31.4 Å². The maximum atomic E-state index is 13.1. The summed E-state index contributed by atoms with van der Waals surface area (Å²) in [5.41, 5.74) is 0.975. The number of hydrogen-bond acceptors (Lipinski definition) is 5. The van der Waals surface area contributed by atoms with Crippen molar-refractivity contribution >= 4 is 17.5 Å². The zero-order valence-corrected chi connectivity index (χ0v) is 16.7. The molecule has 0 N–H and O–H groups in total. The van der Waals surface area contributed by atoms with Gasteiger partial charge in [-0.1, -0.05) is 18.2 Å². The van der Waals surface area contributed by atoms with Crippen LogP contribution in [-0.4, -0.2) is 75.1 Å². The Bertz CT molecular complexity index is 802. The highest BCUT2D eigenvalue weighted by Gasteiger charge is 2.35. The van der Waals surface area contributed by atoms with E-state index in [-0.39, 0.29) is 17.9 Å². The molecule has 2 aromatic rings. The van der Waals surface area contributed by atoms with E-state index in [1.807, 2.05) is 40.1 Å². The molecule has 1 aromatic heterocycles. The van der Waals surface area contributed by atoms with Gasteiger partial charge in [-0.25, -0.2) is 4.98 Å². The number of piperidine rings is 1. The lowest BCUT2D eigenvalue weighted by molar-refractivity contribution is -0.134.